The molecular formula is C50H81N3O16P2. The molecule has 1 saturated heterocycles. The molecule has 2 heterocycles. The summed E-state index contributed by atoms with van der Waals surface area (Å²) in [6.07, 6.45) is 34.5. The van der Waals surface area contributed by atoms with E-state index in [0.29, 0.717) is 19.3 Å². The van der Waals surface area contributed by atoms with Crippen LogP contribution in [-0.4, -0.2) is 96.9 Å². The first-order chi connectivity index (χ1) is 34.1. The fourth-order valence-corrected chi connectivity index (χ4v) is 9.05. The van der Waals surface area contributed by atoms with Gasteiger partial charge in [0.2, 0.25) is 0 Å². The first-order valence-corrected chi connectivity index (χ1v) is 28.0. The third-order valence-electron chi connectivity index (χ3n) is 10.9. The summed E-state index contributed by atoms with van der Waals surface area (Å²) in [5.41, 5.74) is 4.58. The molecular weight excluding hydrogens is 961 g/mol. The van der Waals surface area contributed by atoms with Crippen LogP contribution in [-0.2, 0) is 46.3 Å². The molecule has 8 atom stereocenters. The minimum atomic E-state index is -5.45. The van der Waals surface area contributed by atoms with Gasteiger partial charge in [-0.25, -0.2) is 13.9 Å². The molecule has 7 N–H and O–H groups in total. The molecule has 0 amide bonds. The maximum atomic E-state index is 12.9. The minimum Gasteiger partial charge on any atom is -0.462 e. The van der Waals surface area contributed by atoms with Gasteiger partial charge in [0, 0.05) is 19.0 Å². The lowest BCUT2D eigenvalue weighted by Crippen LogP contribution is -2.36. The average Bonchev–Trinajstić information content (AvgIpc) is 3.60. The molecule has 71 heavy (non-hydrogen) atoms. The molecule has 1 aromatic rings. The molecule has 0 aliphatic carbocycles. The molecule has 0 bridgehead atoms. The summed E-state index contributed by atoms with van der Waals surface area (Å²) < 4.78 is 56.7. The van der Waals surface area contributed by atoms with E-state index in [9.17, 15) is 48.6 Å². The Hall–Kier alpha value is -3.84. The van der Waals surface area contributed by atoms with Crippen LogP contribution in [0.25, 0.3) is 0 Å². The zero-order valence-electron chi connectivity index (χ0n) is 41.6. The Morgan fingerprint density at radius 1 is 0.761 bits per heavy atom. The minimum absolute atomic E-state index is 0.00573. The molecule has 1 aromatic heterocycles. The third kappa shape index (κ3) is 30.7. The number of rotatable bonds is 40. The first kappa shape index (κ1) is 63.3. The Labute approximate surface area is 419 Å². The zero-order chi connectivity index (χ0) is 52.2. The second-order valence-electron chi connectivity index (χ2n) is 17.1. The number of unbranched alkanes of at least 4 members (excludes halogenated alkanes) is 12. The molecule has 19 nitrogen and oxygen atoms in total. The number of esters is 2. The Balaban J connectivity index is 1.84. The van der Waals surface area contributed by atoms with E-state index >= 15 is 0 Å². The van der Waals surface area contributed by atoms with Gasteiger partial charge in [-0.2, -0.15) is 9.29 Å². The van der Waals surface area contributed by atoms with Crippen molar-refractivity contribution in [3.8, 4) is 0 Å². The zero-order valence-corrected chi connectivity index (χ0v) is 43.4. The Morgan fingerprint density at radius 3 is 2.00 bits per heavy atom. The molecule has 0 saturated carbocycles. The lowest BCUT2D eigenvalue weighted by Gasteiger charge is -2.21. The monoisotopic (exact) mass is 1040 g/mol. The third-order valence-corrected chi connectivity index (χ3v) is 13.5. The molecule has 21 heteroatoms. The standard InChI is InChI=1S/C50H81N3O16P2/c1-3-5-7-8-9-10-11-12-13-14-15-16-17-20-24-27-31-35-46(56)67-42(38-64-45(55)34-30-26-23-21-18-19-22-25-29-33-41(54)32-28-6-4-2)39-65-70(60,61)69-71(62,63)66-40-43-47(57)48(58)49(68-43)53-37-36-44(51)52-50(53)59/h6,9-10,12-13,15-16,22,25,28-29,33,36-37,41-43,47-49,54,57-58H,3-5,7-8,11,14,17-21,23-24,26-27,30-32,34-35,38-40H2,1-2H3,(H,60,61)(H,62,63)(H2,51,52,59)/b10-9-,13-12-,16-15-,25-22+,28-6+,33-29+/t41?,42-,43-,47-,48-,49-/m1/s1. The maximum absolute atomic E-state index is 12.9. The van der Waals surface area contributed by atoms with Crippen LogP contribution in [0.15, 0.2) is 90.0 Å². The van der Waals surface area contributed by atoms with Gasteiger partial charge in [-0.05, 0) is 83.1 Å². The van der Waals surface area contributed by atoms with Crippen LogP contribution in [0, 0.1) is 0 Å². The predicted octanol–water partition coefficient (Wildman–Crippen LogP) is 9.08. The number of nitrogen functional groups attached to an aromatic ring is 1. The van der Waals surface area contributed by atoms with E-state index in [-0.39, 0.29) is 18.7 Å². The van der Waals surface area contributed by atoms with Gasteiger partial charge >= 0.3 is 33.3 Å². The fourth-order valence-electron chi connectivity index (χ4n) is 6.94. The second-order valence-corrected chi connectivity index (χ2v) is 20.2. The lowest BCUT2D eigenvalue weighted by atomic mass is 10.1. The number of ether oxygens (including phenoxy) is 3. The maximum Gasteiger partial charge on any atom is 0.481 e. The number of phosphoric acid groups is 2. The second kappa shape index (κ2) is 37.8. The molecule has 1 aliphatic heterocycles. The smallest absolute Gasteiger partial charge is 0.462 e. The number of phosphoric ester groups is 2. The van der Waals surface area contributed by atoms with Crippen molar-refractivity contribution in [1.82, 2.24) is 9.55 Å². The number of nitrogens with two attached hydrogens (primary N) is 1. The predicted molar refractivity (Wildman–Crippen MR) is 271 cm³/mol. The molecule has 402 valence electrons. The van der Waals surface area contributed by atoms with E-state index in [0.717, 1.165) is 94.2 Å². The van der Waals surface area contributed by atoms with Crippen molar-refractivity contribution in [1.29, 1.82) is 0 Å². The number of carbonyl (C=O) groups is 2. The van der Waals surface area contributed by atoms with Crippen LogP contribution in [0.4, 0.5) is 5.82 Å². The van der Waals surface area contributed by atoms with Crippen molar-refractivity contribution in [2.75, 3.05) is 25.6 Å². The number of hydrogen-bond acceptors (Lipinski definition) is 16. The molecule has 0 radical (unpaired) electrons. The number of anilines is 1. The van der Waals surface area contributed by atoms with E-state index in [4.69, 9.17) is 29.0 Å². The lowest BCUT2D eigenvalue weighted by molar-refractivity contribution is -0.161. The van der Waals surface area contributed by atoms with Crippen LogP contribution in [0.3, 0.4) is 0 Å². The number of aromatic nitrogens is 2. The number of nitrogens with zero attached hydrogens (tertiary/aromatic N) is 2. The quantitative estimate of drug-likeness (QED) is 0.0117. The molecule has 1 fully saturated rings. The summed E-state index contributed by atoms with van der Waals surface area (Å²) in [6.45, 7) is 1.85. The van der Waals surface area contributed by atoms with E-state index in [1.807, 2.05) is 37.3 Å². The van der Waals surface area contributed by atoms with Gasteiger partial charge in [-0.3, -0.25) is 23.2 Å². The van der Waals surface area contributed by atoms with Crippen molar-refractivity contribution >= 4 is 33.4 Å². The SMILES string of the molecule is CC/C=C/CC(O)/C=C/C=C/CCCCCCCC(=O)OC[C@H](COP(=O)(O)OP(=O)(O)OC[C@H]1O[C@@H](n2ccc(N)nc2=O)[C@H](O)[C@@H]1O)OC(=O)CCCCCC/C=C\C/C=C\C/C=C\CCCCC. The average molecular weight is 1040 g/mol. The van der Waals surface area contributed by atoms with E-state index < -0.39 is 89.8 Å². The van der Waals surface area contributed by atoms with Crippen LogP contribution < -0.4 is 11.4 Å². The fraction of sp³-hybridized carbons (Fsp3) is 0.640. The van der Waals surface area contributed by atoms with Gasteiger partial charge in [-0.15, -0.1) is 0 Å². The van der Waals surface area contributed by atoms with Crippen molar-refractivity contribution in [3.63, 3.8) is 0 Å². The normalized spacial score (nSPS) is 20.2. The summed E-state index contributed by atoms with van der Waals surface area (Å²) in [4.78, 5) is 61.9. The highest BCUT2D eigenvalue weighted by Gasteiger charge is 2.46. The van der Waals surface area contributed by atoms with Gasteiger partial charge in [-0.1, -0.05) is 132 Å². The highest BCUT2D eigenvalue weighted by Crippen LogP contribution is 2.60. The topological polar surface area (TPSA) is 286 Å². The Morgan fingerprint density at radius 2 is 1.35 bits per heavy atom. The van der Waals surface area contributed by atoms with Gasteiger partial charge in [0.1, 0.15) is 30.7 Å². The van der Waals surface area contributed by atoms with Crippen LogP contribution in [0.1, 0.15) is 155 Å². The molecule has 0 spiro atoms. The summed E-state index contributed by atoms with van der Waals surface area (Å²) in [7, 11) is -10.9. The number of aliphatic hydroxyl groups is 3. The number of hydrogen-bond donors (Lipinski definition) is 6. The Bertz CT molecular complexity index is 1990. The van der Waals surface area contributed by atoms with Gasteiger partial charge < -0.3 is 45.1 Å². The van der Waals surface area contributed by atoms with Crippen molar-refractivity contribution in [3.05, 3.63) is 95.7 Å². The highest BCUT2D eigenvalue weighted by molar-refractivity contribution is 7.61. The first-order valence-electron chi connectivity index (χ1n) is 25.1. The molecule has 3 unspecified atom stereocenters. The summed E-state index contributed by atoms with van der Waals surface area (Å²) >= 11 is 0. The highest BCUT2D eigenvalue weighted by atomic mass is 31.3. The van der Waals surface area contributed by atoms with Crippen LogP contribution >= 0.6 is 15.6 Å². The number of allylic oxidation sites excluding steroid dienone is 10. The van der Waals surface area contributed by atoms with E-state index in [2.05, 4.69) is 52.7 Å². The molecule has 0 aromatic carbocycles. The largest absolute Gasteiger partial charge is 0.481 e. The van der Waals surface area contributed by atoms with Crippen LogP contribution in [0.2, 0.25) is 0 Å². The van der Waals surface area contributed by atoms with E-state index in [1.54, 1.807) is 6.08 Å². The summed E-state index contributed by atoms with van der Waals surface area (Å²) in [5, 5.41) is 30.8. The number of aliphatic hydroxyl groups excluding tert-OH is 3. The number of carbonyl (C=O) groups excluding carboxylic acids is 2. The van der Waals surface area contributed by atoms with Crippen molar-refractivity contribution < 1.29 is 71.4 Å². The van der Waals surface area contributed by atoms with Gasteiger partial charge in [0.15, 0.2) is 12.3 Å². The summed E-state index contributed by atoms with van der Waals surface area (Å²) in [6, 6.07) is 1.24. The molecule has 1 aliphatic rings. The van der Waals surface area contributed by atoms with Gasteiger partial charge in [0.25, 0.3) is 0 Å². The summed E-state index contributed by atoms with van der Waals surface area (Å²) in [5.74, 6) is -1.39. The van der Waals surface area contributed by atoms with E-state index in [1.165, 1.54) is 25.3 Å². The van der Waals surface area contributed by atoms with Gasteiger partial charge in [0.05, 0.1) is 19.3 Å². The van der Waals surface area contributed by atoms with Crippen molar-refractivity contribution in [2.45, 2.75) is 185 Å². The molecule has 2 rings (SSSR count). The van der Waals surface area contributed by atoms with Crippen molar-refractivity contribution in [2.24, 2.45) is 0 Å². The van der Waals surface area contributed by atoms with Crippen LogP contribution in [0.5, 0.6) is 0 Å². The Kier molecular flexibility index (Phi) is 33.7.